The summed E-state index contributed by atoms with van der Waals surface area (Å²) in [5.74, 6) is 1.17. The Kier molecular flexibility index (Phi) is 1.50. The van der Waals surface area contributed by atoms with Gasteiger partial charge < -0.3 is 9.68 Å². The van der Waals surface area contributed by atoms with Gasteiger partial charge in [0.15, 0.2) is 11.5 Å². The molecule has 0 saturated carbocycles. The zero-order valence-electron chi connectivity index (χ0n) is 6.82. The SMILES string of the molecule is Clc1ncnc2cc3c(cc12)ONO3. The van der Waals surface area contributed by atoms with Crippen LogP contribution >= 0.6 is 11.6 Å². The largest absolute Gasteiger partial charge is 0.370 e. The van der Waals surface area contributed by atoms with E-state index in [1.165, 1.54) is 6.33 Å². The molecule has 3 rings (SSSR count). The lowest BCUT2D eigenvalue weighted by atomic mass is 10.2. The molecular weight excluding hydrogens is 206 g/mol. The Balaban J connectivity index is 2.39. The minimum absolute atomic E-state index is 0.397. The van der Waals surface area contributed by atoms with E-state index in [0.29, 0.717) is 16.7 Å². The normalized spacial score (nSPS) is 13.5. The van der Waals surface area contributed by atoms with Gasteiger partial charge in [-0.15, -0.1) is 0 Å². The second-order valence-corrected chi connectivity index (χ2v) is 3.13. The fraction of sp³-hybridized carbons (Fsp3) is 0. The van der Waals surface area contributed by atoms with E-state index in [2.05, 4.69) is 15.6 Å². The number of hydrogen-bond donors (Lipinski definition) is 1. The molecule has 0 bridgehead atoms. The molecule has 0 radical (unpaired) electrons. The Morgan fingerprint density at radius 3 is 2.79 bits per heavy atom. The quantitative estimate of drug-likeness (QED) is 0.666. The third-order valence-corrected chi connectivity index (χ3v) is 2.26. The molecule has 0 fully saturated rings. The predicted octanol–water partition coefficient (Wildman–Crippen LogP) is 1.47. The topological polar surface area (TPSA) is 56.3 Å². The summed E-state index contributed by atoms with van der Waals surface area (Å²) >= 11 is 5.89. The molecule has 2 heterocycles. The van der Waals surface area contributed by atoms with E-state index in [-0.39, 0.29) is 0 Å². The van der Waals surface area contributed by atoms with E-state index in [9.17, 15) is 0 Å². The van der Waals surface area contributed by atoms with E-state index in [0.717, 1.165) is 10.9 Å². The average molecular weight is 210 g/mol. The van der Waals surface area contributed by atoms with Crippen LogP contribution in [-0.2, 0) is 0 Å². The minimum Gasteiger partial charge on any atom is -0.370 e. The number of benzene rings is 1. The molecule has 1 N–H and O–H groups in total. The van der Waals surface area contributed by atoms with E-state index >= 15 is 0 Å². The monoisotopic (exact) mass is 209 g/mol. The maximum atomic E-state index is 5.89. The van der Waals surface area contributed by atoms with Gasteiger partial charge in [-0.1, -0.05) is 11.6 Å². The third kappa shape index (κ3) is 0.997. The van der Waals surface area contributed by atoms with Crippen molar-refractivity contribution >= 4 is 22.5 Å². The molecule has 0 spiro atoms. The van der Waals surface area contributed by atoms with Crippen LogP contribution in [0.25, 0.3) is 10.9 Å². The van der Waals surface area contributed by atoms with Crippen molar-refractivity contribution in [3.05, 3.63) is 23.6 Å². The Labute approximate surface area is 83.5 Å². The van der Waals surface area contributed by atoms with Gasteiger partial charge in [-0.2, -0.15) is 0 Å². The van der Waals surface area contributed by atoms with Gasteiger partial charge in [0.2, 0.25) is 0 Å². The summed E-state index contributed by atoms with van der Waals surface area (Å²) in [5, 5.41) is 1.13. The highest BCUT2D eigenvalue weighted by atomic mass is 35.5. The van der Waals surface area contributed by atoms with Gasteiger partial charge in [0.25, 0.3) is 0 Å². The van der Waals surface area contributed by atoms with Gasteiger partial charge in [-0.05, 0) is 6.07 Å². The van der Waals surface area contributed by atoms with Crippen LogP contribution in [0.5, 0.6) is 11.5 Å². The summed E-state index contributed by atoms with van der Waals surface area (Å²) in [6.07, 6.45) is 1.40. The summed E-state index contributed by atoms with van der Waals surface area (Å²) < 4.78 is 0. The fourth-order valence-corrected chi connectivity index (χ4v) is 1.50. The van der Waals surface area contributed by atoms with Gasteiger partial charge in [0, 0.05) is 17.1 Å². The Morgan fingerprint density at radius 1 is 1.14 bits per heavy atom. The molecule has 1 aromatic heterocycles. The van der Waals surface area contributed by atoms with Crippen LogP contribution < -0.4 is 15.3 Å². The Bertz CT molecular complexity index is 517. The first-order valence-corrected chi connectivity index (χ1v) is 4.25. The van der Waals surface area contributed by atoms with Crippen LogP contribution in [0.3, 0.4) is 0 Å². The summed E-state index contributed by atoms with van der Waals surface area (Å²) in [4.78, 5) is 17.9. The maximum absolute atomic E-state index is 5.89. The average Bonchev–Trinajstić information content (AvgIpc) is 2.62. The van der Waals surface area contributed by atoms with Crippen molar-refractivity contribution in [3.63, 3.8) is 0 Å². The van der Waals surface area contributed by atoms with E-state index < -0.39 is 0 Å². The lowest BCUT2D eigenvalue weighted by Gasteiger charge is -1.99. The molecule has 6 heteroatoms. The zero-order valence-corrected chi connectivity index (χ0v) is 7.58. The van der Waals surface area contributed by atoms with Crippen molar-refractivity contribution in [2.45, 2.75) is 0 Å². The van der Waals surface area contributed by atoms with Gasteiger partial charge in [0.05, 0.1) is 5.52 Å². The van der Waals surface area contributed by atoms with Crippen LogP contribution in [0.4, 0.5) is 0 Å². The Hall–Kier alpha value is -1.59. The molecule has 0 saturated heterocycles. The van der Waals surface area contributed by atoms with Crippen molar-refractivity contribution < 1.29 is 9.68 Å². The molecule has 2 aromatic rings. The molecule has 0 unspecified atom stereocenters. The summed E-state index contributed by atoms with van der Waals surface area (Å²) in [6, 6.07) is 3.46. The Morgan fingerprint density at radius 2 is 1.93 bits per heavy atom. The fourth-order valence-electron chi connectivity index (χ4n) is 1.30. The number of hydrogen-bond acceptors (Lipinski definition) is 5. The number of fused-ring (bicyclic) bond motifs is 2. The van der Waals surface area contributed by atoms with Crippen molar-refractivity contribution in [3.8, 4) is 11.5 Å². The van der Waals surface area contributed by atoms with Gasteiger partial charge in [-0.25, -0.2) is 9.97 Å². The maximum Gasteiger partial charge on any atom is 0.198 e. The van der Waals surface area contributed by atoms with Crippen molar-refractivity contribution in [1.82, 2.24) is 15.6 Å². The molecule has 0 amide bonds. The second-order valence-electron chi connectivity index (χ2n) is 2.77. The molecule has 1 aliphatic rings. The van der Waals surface area contributed by atoms with Gasteiger partial charge in [-0.3, -0.25) is 0 Å². The van der Waals surface area contributed by atoms with Crippen LogP contribution in [0.2, 0.25) is 5.15 Å². The second kappa shape index (κ2) is 2.70. The minimum atomic E-state index is 0.397. The molecule has 1 aromatic carbocycles. The molecule has 1 aliphatic heterocycles. The van der Waals surface area contributed by atoms with Crippen molar-refractivity contribution in [2.24, 2.45) is 0 Å². The van der Waals surface area contributed by atoms with Crippen molar-refractivity contribution in [2.75, 3.05) is 0 Å². The van der Waals surface area contributed by atoms with Gasteiger partial charge >= 0.3 is 0 Å². The molecule has 5 nitrogen and oxygen atoms in total. The zero-order chi connectivity index (χ0) is 9.54. The summed E-state index contributed by atoms with van der Waals surface area (Å²) in [5.41, 5.74) is 3.01. The highest BCUT2D eigenvalue weighted by molar-refractivity contribution is 6.34. The first-order valence-electron chi connectivity index (χ1n) is 3.87. The van der Waals surface area contributed by atoms with Crippen LogP contribution in [0, 0.1) is 0 Å². The van der Waals surface area contributed by atoms with Crippen LogP contribution in [0.15, 0.2) is 18.5 Å². The van der Waals surface area contributed by atoms with Crippen LogP contribution in [-0.4, -0.2) is 9.97 Å². The first kappa shape index (κ1) is 7.78. The number of rotatable bonds is 0. The molecule has 14 heavy (non-hydrogen) atoms. The summed E-state index contributed by atoms with van der Waals surface area (Å²) in [6.45, 7) is 0. The number of halogens is 1. The summed E-state index contributed by atoms with van der Waals surface area (Å²) in [7, 11) is 0. The predicted molar refractivity (Wildman–Crippen MR) is 48.9 cm³/mol. The van der Waals surface area contributed by atoms with E-state index in [4.69, 9.17) is 21.3 Å². The number of aromatic nitrogens is 2. The lowest BCUT2D eigenvalue weighted by molar-refractivity contribution is 0.0260. The smallest absolute Gasteiger partial charge is 0.198 e. The van der Waals surface area contributed by atoms with Crippen molar-refractivity contribution in [1.29, 1.82) is 0 Å². The highest BCUT2D eigenvalue weighted by Gasteiger charge is 2.16. The van der Waals surface area contributed by atoms with Crippen LogP contribution in [0.1, 0.15) is 0 Å². The standard InChI is InChI=1S/C8H4ClN3O2/c9-8-4-1-6-7(14-12-13-6)2-5(4)10-3-11-8/h1-3,12H. The number of nitrogens with zero attached hydrogens (tertiary/aromatic N) is 2. The third-order valence-electron chi connectivity index (χ3n) is 1.96. The lowest BCUT2D eigenvalue weighted by Crippen LogP contribution is -2.14. The molecular formula is C8H4ClN3O2. The first-order chi connectivity index (χ1) is 6.84. The van der Waals surface area contributed by atoms with Gasteiger partial charge in [0.1, 0.15) is 11.5 Å². The highest BCUT2D eigenvalue weighted by Crippen LogP contribution is 2.35. The molecule has 70 valence electrons. The number of nitrogens with one attached hydrogen (secondary N) is 1. The molecule has 0 atom stereocenters. The van der Waals surface area contributed by atoms with E-state index in [1.54, 1.807) is 12.1 Å². The molecule has 0 aliphatic carbocycles. The van der Waals surface area contributed by atoms with E-state index in [1.807, 2.05) is 0 Å².